The molecule has 2 atom stereocenters. The minimum atomic E-state index is -0.148. The van der Waals surface area contributed by atoms with Crippen LogP contribution in [0.4, 0.5) is 0 Å². The highest BCUT2D eigenvalue weighted by Crippen LogP contribution is 1.99. The first-order chi connectivity index (χ1) is 7.13. The molecule has 0 aliphatic rings. The van der Waals surface area contributed by atoms with Crippen LogP contribution in [-0.4, -0.2) is 38.4 Å². The Morgan fingerprint density at radius 3 is 2.53 bits per heavy atom. The van der Waals surface area contributed by atoms with Crippen LogP contribution in [0.2, 0.25) is 0 Å². The lowest BCUT2D eigenvalue weighted by Crippen LogP contribution is -2.40. The van der Waals surface area contributed by atoms with Crippen LogP contribution < -0.4 is 5.32 Å². The maximum Gasteiger partial charge on any atom is 0.307 e. The van der Waals surface area contributed by atoms with Crippen LogP contribution >= 0.6 is 0 Å². The summed E-state index contributed by atoms with van der Waals surface area (Å²) in [5.74, 6) is -0.148. The van der Waals surface area contributed by atoms with Gasteiger partial charge in [0.2, 0.25) is 0 Å². The third kappa shape index (κ3) is 7.33. The summed E-state index contributed by atoms with van der Waals surface area (Å²) in [7, 11) is 1.68. The molecule has 0 aliphatic carbocycles. The molecule has 0 spiro atoms. The lowest BCUT2D eigenvalue weighted by molar-refractivity contribution is -0.143. The van der Waals surface area contributed by atoms with E-state index in [2.05, 4.69) is 12.2 Å². The molecule has 0 aliphatic heterocycles. The zero-order valence-corrected chi connectivity index (χ0v) is 10.2. The van der Waals surface area contributed by atoms with Crippen molar-refractivity contribution >= 4 is 5.97 Å². The van der Waals surface area contributed by atoms with Gasteiger partial charge in [0.1, 0.15) is 0 Å². The average molecular weight is 217 g/mol. The lowest BCUT2D eigenvalue weighted by atomic mass is 10.1. The second-order valence-corrected chi connectivity index (χ2v) is 3.64. The molecule has 0 amide bonds. The van der Waals surface area contributed by atoms with Gasteiger partial charge in [-0.15, -0.1) is 0 Å². The molecule has 4 heteroatoms. The third-order valence-corrected chi connectivity index (χ3v) is 2.16. The van der Waals surface area contributed by atoms with E-state index in [1.807, 2.05) is 13.8 Å². The molecule has 0 aromatic carbocycles. The number of hydrogen-bond donors (Lipinski definition) is 1. The quantitative estimate of drug-likeness (QED) is 0.623. The summed E-state index contributed by atoms with van der Waals surface area (Å²) in [4.78, 5) is 11.2. The van der Waals surface area contributed by atoms with Gasteiger partial charge < -0.3 is 14.8 Å². The van der Waals surface area contributed by atoms with E-state index in [0.29, 0.717) is 25.7 Å². The van der Waals surface area contributed by atoms with Crippen LogP contribution in [0.3, 0.4) is 0 Å². The average Bonchev–Trinajstić information content (AvgIpc) is 2.17. The van der Waals surface area contributed by atoms with E-state index in [1.165, 1.54) is 0 Å². The predicted molar refractivity (Wildman–Crippen MR) is 59.8 cm³/mol. The fraction of sp³-hybridized carbons (Fsp3) is 0.909. The van der Waals surface area contributed by atoms with Gasteiger partial charge in [-0.3, -0.25) is 4.79 Å². The van der Waals surface area contributed by atoms with E-state index in [4.69, 9.17) is 9.47 Å². The Morgan fingerprint density at radius 1 is 1.40 bits per heavy atom. The summed E-state index contributed by atoms with van der Waals surface area (Å²) in [6.45, 7) is 7.00. The van der Waals surface area contributed by atoms with Gasteiger partial charge in [0.15, 0.2) is 0 Å². The van der Waals surface area contributed by atoms with Crippen molar-refractivity contribution < 1.29 is 14.3 Å². The molecule has 0 saturated carbocycles. The molecule has 0 aromatic rings. The van der Waals surface area contributed by atoms with Gasteiger partial charge in [0.25, 0.3) is 0 Å². The van der Waals surface area contributed by atoms with Gasteiger partial charge in [-0.1, -0.05) is 6.92 Å². The first-order valence-corrected chi connectivity index (χ1v) is 5.54. The molecule has 0 rings (SSSR count). The van der Waals surface area contributed by atoms with Crippen LogP contribution in [0.1, 0.15) is 33.6 Å². The highest BCUT2D eigenvalue weighted by Gasteiger charge is 2.13. The summed E-state index contributed by atoms with van der Waals surface area (Å²) in [6.07, 6.45) is 1.40. The topological polar surface area (TPSA) is 47.6 Å². The molecule has 0 fully saturated rings. The van der Waals surface area contributed by atoms with Crippen molar-refractivity contribution in [1.29, 1.82) is 0 Å². The van der Waals surface area contributed by atoms with Crippen molar-refractivity contribution in [2.45, 2.75) is 45.7 Å². The minimum Gasteiger partial charge on any atom is -0.466 e. The highest BCUT2D eigenvalue weighted by atomic mass is 16.5. The molecule has 0 radical (unpaired) electrons. The normalized spacial score (nSPS) is 14.7. The standard InChI is InChI=1S/C11H23NO3/c1-5-10(8-14-4)12-9(3)7-11(13)15-6-2/h9-10,12H,5-8H2,1-4H3. The molecule has 4 nitrogen and oxygen atoms in total. The Balaban J connectivity index is 3.79. The summed E-state index contributed by atoms with van der Waals surface area (Å²) in [5, 5.41) is 3.33. The fourth-order valence-electron chi connectivity index (χ4n) is 1.42. The second kappa shape index (κ2) is 8.68. The smallest absolute Gasteiger partial charge is 0.307 e. The summed E-state index contributed by atoms with van der Waals surface area (Å²) in [5.41, 5.74) is 0. The van der Waals surface area contributed by atoms with Crippen LogP contribution in [0.25, 0.3) is 0 Å². The van der Waals surface area contributed by atoms with E-state index in [1.54, 1.807) is 7.11 Å². The molecule has 0 saturated heterocycles. The number of carbonyl (C=O) groups excluding carboxylic acids is 1. The van der Waals surface area contributed by atoms with Crippen molar-refractivity contribution in [1.82, 2.24) is 5.32 Å². The van der Waals surface area contributed by atoms with Crippen molar-refractivity contribution in [3.05, 3.63) is 0 Å². The van der Waals surface area contributed by atoms with E-state index >= 15 is 0 Å². The van der Waals surface area contributed by atoms with Gasteiger partial charge in [0.05, 0.1) is 19.6 Å². The molecule has 0 heterocycles. The molecule has 0 aromatic heterocycles. The zero-order chi connectivity index (χ0) is 11.7. The van der Waals surface area contributed by atoms with Crippen LogP contribution in [0, 0.1) is 0 Å². The number of nitrogens with one attached hydrogen (secondary N) is 1. The molecule has 1 N–H and O–H groups in total. The Kier molecular flexibility index (Phi) is 8.33. The lowest BCUT2D eigenvalue weighted by Gasteiger charge is -2.20. The minimum absolute atomic E-state index is 0.129. The van der Waals surface area contributed by atoms with Crippen LogP contribution in [-0.2, 0) is 14.3 Å². The molecule has 90 valence electrons. The number of carbonyl (C=O) groups is 1. The number of rotatable bonds is 8. The van der Waals surface area contributed by atoms with Crippen molar-refractivity contribution in [2.75, 3.05) is 20.3 Å². The van der Waals surface area contributed by atoms with Gasteiger partial charge >= 0.3 is 5.97 Å². The Morgan fingerprint density at radius 2 is 2.07 bits per heavy atom. The van der Waals surface area contributed by atoms with E-state index < -0.39 is 0 Å². The molecule has 15 heavy (non-hydrogen) atoms. The molecular weight excluding hydrogens is 194 g/mol. The number of methoxy groups -OCH3 is 1. The Bertz CT molecular complexity index is 173. The first kappa shape index (κ1) is 14.4. The van der Waals surface area contributed by atoms with E-state index in [-0.39, 0.29) is 12.0 Å². The predicted octanol–water partition coefficient (Wildman–Crippen LogP) is 1.34. The van der Waals surface area contributed by atoms with E-state index in [0.717, 1.165) is 6.42 Å². The van der Waals surface area contributed by atoms with Gasteiger partial charge in [-0.2, -0.15) is 0 Å². The van der Waals surface area contributed by atoms with Crippen LogP contribution in [0.15, 0.2) is 0 Å². The molecule has 2 unspecified atom stereocenters. The van der Waals surface area contributed by atoms with E-state index in [9.17, 15) is 4.79 Å². The summed E-state index contributed by atoms with van der Waals surface area (Å²) >= 11 is 0. The first-order valence-electron chi connectivity index (χ1n) is 5.54. The maximum absolute atomic E-state index is 11.2. The maximum atomic E-state index is 11.2. The van der Waals surface area contributed by atoms with Gasteiger partial charge in [-0.25, -0.2) is 0 Å². The number of esters is 1. The summed E-state index contributed by atoms with van der Waals surface area (Å²) in [6, 6.07) is 0.434. The largest absolute Gasteiger partial charge is 0.466 e. The molecular formula is C11H23NO3. The Hall–Kier alpha value is -0.610. The van der Waals surface area contributed by atoms with Crippen molar-refractivity contribution in [3.8, 4) is 0 Å². The third-order valence-electron chi connectivity index (χ3n) is 2.16. The SMILES string of the molecule is CCOC(=O)CC(C)NC(CC)COC. The van der Waals surface area contributed by atoms with Crippen LogP contribution in [0.5, 0.6) is 0 Å². The molecule has 0 bridgehead atoms. The fourth-order valence-corrected chi connectivity index (χ4v) is 1.42. The van der Waals surface area contributed by atoms with Crippen molar-refractivity contribution in [3.63, 3.8) is 0 Å². The zero-order valence-electron chi connectivity index (χ0n) is 10.2. The Labute approximate surface area is 92.3 Å². The number of ether oxygens (including phenoxy) is 2. The van der Waals surface area contributed by atoms with Gasteiger partial charge in [-0.05, 0) is 20.3 Å². The van der Waals surface area contributed by atoms with Crippen molar-refractivity contribution in [2.24, 2.45) is 0 Å². The monoisotopic (exact) mass is 217 g/mol. The number of hydrogen-bond acceptors (Lipinski definition) is 4. The van der Waals surface area contributed by atoms with Gasteiger partial charge in [0, 0.05) is 19.2 Å². The summed E-state index contributed by atoms with van der Waals surface area (Å²) < 4.78 is 9.95. The highest BCUT2D eigenvalue weighted by molar-refractivity contribution is 5.70. The second-order valence-electron chi connectivity index (χ2n) is 3.64.